The lowest BCUT2D eigenvalue weighted by atomic mass is 10.1. The molecule has 20 heavy (non-hydrogen) atoms. The van der Waals surface area contributed by atoms with Crippen LogP contribution >= 0.6 is 0 Å². The molecule has 1 unspecified atom stereocenters. The van der Waals surface area contributed by atoms with Gasteiger partial charge in [-0.15, -0.1) is 0 Å². The van der Waals surface area contributed by atoms with Crippen molar-refractivity contribution in [3.63, 3.8) is 0 Å². The number of halogens is 2. The normalized spacial score (nSPS) is 12.4. The van der Waals surface area contributed by atoms with Crippen molar-refractivity contribution < 1.29 is 13.7 Å². The van der Waals surface area contributed by atoms with Crippen LogP contribution < -0.4 is 5.73 Å². The van der Waals surface area contributed by atoms with E-state index in [1.807, 2.05) is 0 Å². The molecule has 2 aromatic rings. The number of aromatic nitrogens is 2. The Morgan fingerprint density at radius 3 is 2.55 bits per heavy atom. The number of rotatable bonds is 3. The zero-order chi connectivity index (χ0) is 15.0. The van der Waals surface area contributed by atoms with Crippen LogP contribution in [0.4, 0.5) is 20.3 Å². The second-order valence-corrected chi connectivity index (χ2v) is 4.37. The van der Waals surface area contributed by atoms with Crippen molar-refractivity contribution in [3.05, 3.63) is 51.2 Å². The van der Waals surface area contributed by atoms with E-state index in [2.05, 4.69) is 5.10 Å². The third kappa shape index (κ3) is 2.20. The number of hydrogen-bond donors (Lipinski definition) is 1. The first-order valence-electron chi connectivity index (χ1n) is 5.76. The number of nitrogens with two attached hydrogens (primary N) is 1. The van der Waals surface area contributed by atoms with Gasteiger partial charge in [0.15, 0.2) is 11.6 Å². The molecular weight excluding hydrogens is 270 g/mol. The van der Waals surface area contributed by atoms with Crippen LogP contribution in [0, 0.1) is 28.7 Å². The van der Waals surface area contributed by atoms with E-state index in [0.29, 0.717) is 5.56 Å². The van der Waals surface area contributed by atoms with Crippen LogP contribution in [0.25, 0.3) is 0 Å². The van der Waals surface area contributed by atoms with Gasteiger partial charge >= 0.3 is 5.69 Å². The minimum Gasteiger partial charge on any atom is -0.378 e. The molecule has 0 spiro atoms. The van der Waals surface area contributed by atoms with Gasteiger partial charge in [0, 0.05) is 0 Å². The second kappa shape index (κ2) is 4.87. The Balaban J connectivity index is 2.48. The number of nitro groups is 1. The Bertz CT molecular complexity index is 684. The second-order valence-electron chi connectivity index (χ2n) is 4.37. The van der Waals surface area contributed by atoms with Gasteiger partial charge in [-0.2, -0.15) is 5.10 Å². The fourth-order valence-corrected chi connectivity index (χ4v) is 1.99. The van der Waals surface area contributed by atoms with Gasteiger partial charge in [0.05, 0.1) is 11.0 Å². The summed E-state index contributed by atoms with van der Waals surface area (Å²) in [5.41, 5.74) is 6.00. The summed E-state index contributed by atoms with van der Waals surface area (Å²) in [6.45, 7) is 3.10. The van der Waals surface area contributed by atoms with Crippen molar-refractivity contribution in [2.45, 2.75) is 19.9 Å². The zero-order valence-electron chi connectivity index (χ0n) is 10.8. The van der Waals surface area contributed by atoms with Crippen LogP contribution in [0.15, 0.2) is 18.2 Å². The first-order chi connectivity index (χ1) is 9.32. The third-order valence-electron chi connectivity index (χ3n) is 3.07. The van der Waals surface area contributed by atoms with Crippen LogP contribution in [-0.4, -0.2) is 14.7 Å². The molecule has 2 rings (SSSR count). The van der Waals surface area contributed by atoms with E-state index in [0.717, 1.165) is 12.1 Å². The van der Waals surface area contributed by atoms with Gasteiger partial charge in [-0.25, -0.2) is 13.5 Å². The predicted octanol–water partition coefficient (Wildman–Crippen LogP) is 2.57. The van der Waals surface area contributed by atoms with Crippen molar-refractivity contribution in [2.24, 2.45) is 0 Å². The molecule has 1 aromatic heterocycles. The van der Waals surface area contributed by atoms with E-state index in [1.54, 1.807) is 6.92 Å². The lowest BCUT2D eigenvalue weighted by Crippen LogP contribution is -2.12. The highest BCUT2D eigenvalue weighted by Crippen LogP contribution is 2.30. The number of benzene rings is 1. The van der Waals surface area contributed by atoms with E-state index in [1.165, 1.54) is 17.7 Å². The van der Waals surface area contributed by atoms with E-state index < -0.39 is 22.6 Å². The summed E-state index contributed by atoms with van der Waals surface area (Å²) in [6, 6.07) is 2.83. The summed E-state index contributed by atoms with van der Waals surface area (Å²) >= 11 is 0. The first-order valence-corrected chi connectivity index (χ1v) is 5.76. The maximum Gasteiger partial charge on any atom is 0.333 e. The molecule has 0 aliphatic heterocycles. The number of anilines is 1. The fraction of sp³-hybridized carbons (Fsp3) is 0.250. The Morgan fingerprint density at radius 2 is 2.05 bits per heavy atom. The fourth-order valence-electron chi connectivity index (χ4n) is 1.99. The molecule has 1 aromatic carbocycles. The van der Waals surface area contributed by atoms with Crippen LogP contribution in [0.5, 0.6) is 0 Å². The van der Waals surface area contributed by atoms with Gasteiger partial charge in [0.25, 0.3) is 0 Å². The Labute approximate surface area is 113 Å². The standard InChI is InChI=1S/C12H12F2N4O2/c1-6-11(18(19)20)12(15)17(16-6)7(2)8-3-4-9(13)10(14)5-8/h3-5,7H,15H2,1-2H3. The van der Waals surface area contributed by atoms with Crippen LogP contribution in [0.1, 0.15) is 24.2 Å². The highest BCUT2D eigenvalue weighted by molar-refractivity contribution is 5.56. The molecule has 0 aliphatic carbocycles. The highest BCUT2D eigenvalue weighted by atomic mass is 19.2. The van der Waals surface area contributed by atoms with Crippen molar-refractivity contribution >= 4 is 11.5 Å². The lowest BCUT2D eigenvalue weighted by molar-refractivity contribution is -0.384. The summed E-state index contributed by atoms with van der Waals surface area (Å²) in [7, 11) is 0. The smallest absolute Gasteiger partial charge is 0.333 e. The summed E-state index contributed by atoms with van der Waals surface area (Å²) in [6.07, 6.45) is 0. The molecule has 0 radical (unpaired) electrons. The Kier molecular flexibility index (Phi) is 3.39. The van der Waals surface area contributed by atoms with E-state index in [9.17, 15) is 18.9 Å². The number of aryl methyl sites for hydroxylation is 1. The largest absolute Gasteiger partial charge is 0.378 e. The number of nitrogens with zero attached hydrogens (tertiary/aromatic N) is 3. The van der Waals surface area contributed by atoms with E-state index >= 15 is 0 Å². The number of nitrogen functional groups attached to an aromatic ring is 1. The van der Waals surface area contributed by atoms with Crippen molar-refractivity contribution in [2.75, 3.05) is 5.73 Å². The maximum absolute atomic E-state index is 13.2. The molecule has 0 amide bonds. The highest BCUT2D eigenvalue weighted by Gasteiger charge is 2.26. The Morgan fingerprint density at radius 1 is 1.40 bits per heavy atom. The van der Waals surface area contributed by atoms with Gasteiger partial charge in [-0.05, 0) is 31.5 Å². The predicted molar refractivity (Wildman–Crippen MR) is 68.2 cm³/mol. The average Bonchev–Trinajstić information content (AvgIpc) is 2.67. The summed E-state index contributed by atoms with van der Waals surface area (Å²) < 4.78 is 27.4. The van der Waals surface area contributed by atoms with Gasteiger partial charge < -0.3 is 5.73 Å². The van der Waals surface area contributed by atoms with Gasteiger partial charge in [-0.1, -0.05) is 6.07 Å². The van der Waals surface area contributed by atoms with Crippen LogP contribution in [0.3, 0.4) is 0 Å². The molecule has 0 bridgehead atoms. The van der Waals surface area contributed by atoms with E-state index in [-0.39, 0.29) is 17.2 Å². The molecular formula is C12H12F2N4O2. The number of hydrogen-bond acceptors (Lipinski definition) is 4. The third-order valence-corrected chi connectivity index (χ3v) is 3.07. The monoisotopic (exact) mass is 282 g/mol. The molecule has 6 nitrogen and oxygen atoms in total. The molecule has 8 heteroatoms. The van der Waals surface area contributed by atoms with Crippen LogP contribution in [-0.2, 0) is 0 Å². The van der Waals surface area contributed by atoms with Crippen molar-refractivity contribution in [3.8, 4) is 0 Å². The molecule has 1 heterocycles. The minimum absolute atomic E-state index is 0.121. The molecule has 2 N–H and O–H groups in total. The van der Waals surface area contributed by atoms with Crippen molar-refractivity contribution in [1.29, 1.82) is 0 Å². The summed E-state index contributed by atoms with van der Waals surface area (Å²) in [5.74, 6) is -2.08. The molecule has 0 saturated heterocycles. The van der Waals surface area contributed by atoms with Gasteiger partial charge in [0.2, 0.25) is 5.82 Å². The quantitative estimate of drug-likeness (QED) is 0.692. The Hall–Kier alpha value is -2.51. The van der Waals surface area contributed by atoms with Crippen molar-refractivity contribution in [1.82, 2.24) is 9.78 Å². The first kappa shape index (κ1) is 13.9. The summed E-state index contributed by atoms with van der Waals surface area (Å²) in [5, 5.41) is 14.9. The van der Waals surface area contributed by atoms with Gasteiger partial charge in [-0.3, -0.25) is 10.1 Å². The molecule has 0 aliphatic rings. The maximum atomic E-state index is 13.2. The average molecular weight is 282 g/mol. The topological polar surface area (TPSA) is 87.0 Å². The molecule has 1 atom stereocenters. The van der Waals surface area contributed by atoms with E-state index in [4.69, 9.17) is 5.73 Å². The lowest BCUT2D eigenvalue weighted by Gasteiger charge is -2.14. The van der Waals surface area contributed by atoms with Gasteiger partial charge in [0.1, 0.15) is 5.69 Å². The zero-order valence-corrected chi connectivity index (χ0v) is 10.8. The molecule has 106 valence electrons. The minimum atomic E-state index is -0.994. The van der Waals surface area contributed by atoms with Crippen LogP contribution in [0.2, 0.25) is 0 Å². The summed E-state index contributed by atoms with van der Waals surface area (Å²) in [4.78, 5) is 10.3. The molecule has 0 fully saturated rings. The SMILES string of the molecule is Cc1nn(C(C)c2ccc(F)c(F)c2)c(N)c1[N+](=O)[O-]. The molecule has 0 saturated carbocycles.